The van der Waals surface area contributed by atoms with Gasteiger partial charge in [0.2, 0.25) is 0 Å². The summed E-state index contributed by atoms with van der Waals surface area (Å²) in [5, 5.41) is 7.42. The van der Waals surface area contributed by atoms with Gasteiger partial charge in [0.15, 0.2) is 0 Å². The lowest BCUT2D eigenvalue weighted by molar-refractivity contribution is -0.134. The fourth-order valence-electron chi connectivity index (χ4n) is 2.37. The molecule has 2 fully saturated rings. The maximum Gasteiger partial charge on any atom is 0.300 e. The van der Waals surface area contributed by atoms with E-state index in [1.165, 1.54) is 25.7 Å². The summed E-state index contributed by atoms with van der Waals surface area (Å²) in [5.41, 5.74) is 5.59. The van der Waals surface area contributed by atoms with Crippen LogP contribution in [0.25, 0.3) is 0 Å². The standard InChI is InChI=1S/C8H14ClN.C2H4O2/c9-8(5-10)3-6-1-2-7(6)4-8;1-2(3)4/h6-7H,1-5,10H2;1H3,(H,3,4). The maximum atomic E-state index is 9.00. The van der Waals surface area contributed by atoms with Crippen molar-refractivity contribution in [3.8, 4) is 0 Å². The SMILES string of the molecule is CC(=O)O.NCC1(Cl)CC2CCC2C1. The summed E-state index contributed by atoms with van der Waals surface area (Å²) in [7, 11) is 0. The molecule has 0 aromatic heterocycles. The average Bonchev–Trinajstić information content (AvgIpc) is 2.28. The highest BCUT2D eigenvalue weighted by Gasteiger charge is 2.47. The van der Waals surface area contributed by atoms with E-state index >= 15 is 0 Å². The zero-order valence-corrected chi connectivity index (χ0v) is 9.26. The van der Waals surface area contributed by atoms with Gasteiger partial charge in [0, 0.05) is 13.5 Å². The molecule has 0 bridgehead atoms. The van der Waals surface area contributed by atoms with Crippen LogP contribution in [0.4, 0.5) is 0 Å². The second kappa shape index (κ2) is 4.49. The van der Waals surface area contributed by atoms with Crippen molar-refractivity contribution in [2.24, 2.45) is 17.6 Å². The molecule has 0 aliphatic heterocycles. The fourth-order valence-corrected chi connectivity index (χ4v) is 2.76. The van der Waals surface area contributed by atoms with Crippen molar-refractivity contribution >= 4 is 17.6 Å². The second-order valence-corrected chi connectivity index (χ2v) is 5.18. The molecule has 0 heterocycles. The molecule has 0 aromatic rings. The molecular formula is C10H18ClNO2. The highest BCUT2D eigenvalue weighted by molar-refractivity contribution is 6.24. The highest BCUT2D eigenvalue weighted by atomic mass is 35.5. The minimum Gasteiger partial charge on any atom is -0.481 e. The van der Waals surface area contributed by atoms with E-state index in [-0.39, 0.29) is 4.87 Å². The predicted octanol–water partition coefficient (Wildman–Crippen LogP) is 1.83. The molecule has 0 saturated heterocycles. The third-order valence-corrected chi connectivity index (χ3v) is 3.66. The number of hydrogen-bond acceptors (Lipinski definition) is 2. The Labute approximate surface area is 89.6 Å². The molecule has 2 unspecified atom stereocenters. The number of nitrogens with two attached hydrogens (primary N) is 1. The van der Waals surface area contributed by atoms with E-state index in [1.807, 2.05) is 0 Å². The zero-order chi connectivity index (χ0) is 10.8. The van der Waals surface area contributed by atoms with Crippen LogP contribution in [0.3, 0.4) is 0 Å². The van der Waals surface area contributed by atoms with Crippen LogP contribution in [0.1, 0.15) is 32.6 Å². The molecule has 2 rings (SSSR count). The largest absolute Gasteiger partial charge is 0.481 e. The summed E-state index contributed by atoms with van der Waals surface area (Å²) < 4.78 is 0. The summed E-state index contributed by atoms with van der Waals surface area (Å²) in [4.78, 5) is 8.99. The molecule has 0 radical (unpaired) electrons. The Morgan fingerprint density at radius 1 is 1.50 bits per heavy atom. The Kier molecular flexibility index (Phi) is 3.78. The van der Waals surface area contributed by atoms with E-state index in [4.69, 9.17) is 27.2 Å². The van der Waals surface area contributed by atoms with E-state index in [2.05, 4.69) is 0 Å². The molecular weight excluding hydrogens is 202 g/mol. The number of carbonyl (C=O) groups is 1. The number of aliphatic carboxylic acids is 1. The third-order valence-electron chi connectivity index (χ3n) is 3.20. The van der Waals surface area contributed by atoms with Crippen molar-refractivity contribution in [1.29, 1.82) is 0 Å². The van der Waals surface area contributed by atoms with Gasteiger partial charge in [-0.15, -0.1) is 11.6 Å². The van der Waals surface area contributed by atoms with Gasteiger partial charge in [-0.05, 0) is 37.5 Å². The molecule has 82 valence electrons. The van der Waals surface area contributed by atoms with Crippen molar-refractivity contribution in [3.05, 3.63) is 0 Å². The predicted molar refractivity (Wildman–Crippen MR) is 56.4 cm³/mol. The van der Waals surface area contributed by atoms with Crippen LogP contribution >= 0.6 is 11.6 Å². The van der Waals surface area contributed by atoms with Gasteiger partial charge in [0.25, 0.3) is 5.97 Å². The molecule has 2 atom stereocenters. The number of carboxylic acids is 1. The van der Waals surface area contributed by atoms with Crippen molar-refractivity contribution in [1.82, 2.24) is 0 Å². The summed E-state index contributed by atoms with van der Waals surface area (Å²) in [6.07, 6.45) is 5.16. The van der Waals surface area contributed by atoms with Crippen LogP contribution < -0.4 is 5.73 Å². The molecule has 2 saturated carbocycles. The molecule has 3 N–H and O–H groups in total. The van der Waals surface area contributed by atoms with Crippen LogP contribution in [-0.4, -0.2) is 22.5 Å². The lowest BCUT2D eigenvalue weighted by Gasteiger charge is -2.29. The smallest absolute Gasteiger partial charge is 0.300 e. The first kappa shape index (κ1) is 11.8. The second-order valence-electron chi connectivity index (χ2n) is 4.38. The van der Waals surface area contributed by atoms with Gasteiger partial charge < -0.3 is 10.8 Å². The average molecular weight is 220 g/mol. The summed E-state index contributed by atoms with van der Waals surface area (Å²) >= 11 is 6.26. The monoisotopic (exact) mass is 219 g/mol. The molecule has 0 spiro atoms. The Hall–Kier alpha value is -0.280. The summed E-state index contributed by atoms with van der Waals surface area (Å²) in [5.74, 6) is 1.03. The van der Waals surface area contributed by atoms with Crippen LogP contribution in [0, 0.1) is 11.8 Å². The van der Waals surface area contributed by atoms with Gasteiger partial charge in [-0.3, -0.25) is 4.79 Å². The van der Waals surface area contributed by atoms with Gasteiger partial charge in [-0.2, -0.15) is 0 Å². The van der Waals surface area contributed by atoms with Crippen molar-refractivity contribution in [3.63, 3.8) is 0 Å². The minimum atomic E-state index is -0.833. The van der Waals surface area contributed by atoms with E-state index in [1.54, 1.807) is 0 Å². The van der Waals surface area contributed by atoms with E-state index < -0.39 is 5.97 Å². The van der Waals surface area contributed by atoms with Crippen LogP contribution in [0.2, 0.25) is 0 Å². The Balaban J connectivity index is 0.000000213. The third kappa shape index (κ3) is 2.85. The van der Waals surface area contributed by atoms with Crippen LogP contribution in [0.15, 0.2) is 0 Å². The molecule has 3 nitrogen and oxygen atoms in total. The van der Waals surface area contributed by atoms with E-state index in [9.17, 15) is 0 Å². The fraction of sp³-hybridized carbons (Fsp3) is 0.900. The number of carboxylic acid groups (broad SMARTS) is 1. The Morgan fingerprint density at radius 3 is 2.07 bits per heavy atom. The van der Waals surface area contributed by atoms with Gasteiger partial charge >= 0.3 is 0 Å². The van der Waals surface area contributed by atoms with Gasteiger partial charge in [0.05, 0.1) is 4.87 Å². The van der Waals surface area contributed by atoms with Crippen molar-refractivity contribution in [2.75, 3.05) is 6.54 Å². The van der Waals surface area contributed by atoms with E-state index in [0.717, 1.165) is 18.8 Å². The first-order chi connectivity index (χ1) is 6.47. The summed E-state index contributed by atoms with van der Waals surface area (Å²) in [6.45, 7) is 1.75. The first-order valence-electron chi connectivity index (χ1n) is 5.05. The lowest BCUT2D eigenvalue weighted by Crippen LogP contribution is -2.28. The zero-order valence-electron chi connectivity index (χ0n) is 8.50. The van der Waals surface area contributed by atoms with Crippen molar-refractivity contribution < 1.29 is 9.90 Å². The molecule has 2 aliphatic carbocycles. The number of halogens is 1. The molecule has 2 aliphatic rings. The first-order valence-corrected chi connectivity index (χ1v) is 5.43. The number of hydrogen-bond donors (Lipinski definition) is 2. The Morgan fingerprint density at radius 2 is 1.86 bits per heavy atom. The van der Waals surface area contributed by atoms with Crippen LogP contribution in [-0.2, 0) is 4.79 Å². The number of fused-ring (bicyclic) bond motifs is 1. The highest BCUT2D eigenvalue weighted by Crippen LogP contribution is 2.53. The molecule has 0 aromatic carbocycles. The molecule has 0 amide bonds. The number of rotatable bonds is 1. The molecule has 14 heavy (non-hydrogen) atoms. The lowest BCUT2D eigenvalue weighted by atomic mass is 9.77. The number of alkyl halides is 1. The minimum absolute atomic E-state index is 0.00810. The molecule has 4 heteroatoms. The topological polar surface area (TPSA) is 63.3 Å². The van der Waals surface area contributed by atoms with Gasteiger partial charge in [-0.25, -0.2) is 0 Å². The van der Waals surface area contributed by atoms with Crippen molar-refractivity contribution in [2.45, 2.75) is 37.5 Å². The van der Waals surface area contributed by atoms with Gasteiger partial charge in [-0.1, -0.05) is 0 Å². The van der Waals surface area contributed by atoms with E-state index in [0.29, 0.717) is 6.54 Å². The Bertz CT molecular complexity index is 204. The quantitative estimate of drug-likeness (QED) is 0.662. The maximum absolute atomic E-state index is 9.00. The van der Waals surface area contributed by atoms with Gasteiger partial charge in [0.1, 0.15) is 0 Å². The summed E-state index contributed by atoms with van der Waals surface area (Å²) in [6, 6.07) is 0. The normalized spacial score (nSPS) is 39.1. The van der Waals surface area contributed by atoms with Crippen LogP contribution in [0.5, 0.6) is 0 Å².